The van der Waals surface area contributed by atoms with Crippen molar-refractivity contribution in [3.8, 4) is 0 Å². The summed E-state index contributed by atoms with van der Waals surface area (Å²) in [6, 6.07) is 7.75. The van der Waals surface area contributed by atoms with Gasteiger partial charge >= 0.3 is 0 Å². The van der Waals surface area contributed by atoms with Crippen molar-refractivity contribution < 1.29 is 12.8 Å². The van der Waals surface area contributed by atoms with Crippen molar-refractivity contribution in [1.29, 1.82) is 0 Å². The molecule has 2 saturated carbocycles. The van der Waals surface area contributed by atoms with Gasteiger partial charge in [-0.1, -0.05) is 12.1 Å². The number of benzene rings is 1. The van der Waals surface area contributed by atoms with Gasteiger partial charge in [0.2, 0.25) is 10.0 Å². The maximum Gasteiger partial charge on any atom is 0.215 e. The lowest BCUT2D eigenvalue weighted by Crippen LogP contribution is -2.29. The summed E-state index contributed by atoms with van der Waals surface area (Å²) in [7, 11) is -3.45. The molecule has 2 aliphatic rings. The molecule has 1 N–H and O–H groups in total. The summed E-state index contributed by atoms with van der Waals surface area (Å²) < 4.78 is 41.9. The highest BCUT2D eigenvalue weighted by Crippen LogP contribution is 2.44. The molecule has 0 radical (unpaired) electrons. The summed E-state index contributed by atoms with van der Waals surface area (Å²) in [5, 5.41) is 4.69. The molecule has 0 aliphatic heterocycles. The van der Waals surface area contributed by atoms with Gasteiger partial charge in [0.15, 0.2) is 0 Å². The minimum absolute atomic E-state index is 0.144. The van der Waals surface area contributed by atoms with Crippen LogP contribution in [0.3, 0.4) is 0 Å². The molecule has 0 saturated heterocycles. The molecule has 5 nitrogen and oxygen atoms in total. The smallest absolute Gasteiger partial charge is 0.215 e. The minimum atomic E-state index is -3.45. The fourth-order valence-corrected chi connectivity index (χ4v) is 4.21. The number of halogens is 1. The van der Waals surface area contributed by atoms with Crippen molar-refractivity contribution in [3.63, 3.8) is 0 Å². The molecule has 0 unspecified atom stereocenters. The molecule has 0 bridgehead atoms. The third kappa shape index (κ3) is 4.27. The van der Waals surface area contributed by atoms with E-state index in [1.807, 2.05) is 4.68 Å². The Labute approximate surface area is 147 Å². The van der Waals surface area contributed by atoms with Gasteiger partial charge in [-0.25, -0.2) is 17.5 Å². The van der Waals surface area contributed by atoms with Gasteiger partial charge in [0.05, 0.1) is 18.0 Å². The van der Waals surface area contributed by atoms with Crippen molar-refractivity contribution in [2.24, 2.45) is 0 Å². The number of hydrogen-bond donors (Lipinski definition) is 1. The molecule has 2 aromatic rings. The quantitative estimate of drug-likeness (QED) is 0.784. The number of rotatable bonds is 8. The molecule has 25 heavy (non-hydrogen) atoms. The lowest BCUT2D eigenvalue weighted by atomic mass is 10.2. The summed E-state index contributed by atoms with van der Waals surface area (Å²) in [5.41, 5.74) is 2.98. The monoisotopic (exact) mass is 363 g/mol. The summed E-state index contributed by atoms with van der Waals surface area (Å²) in [4.78, 5) is 0. The minimum Gasteiger partial charge on any atom is -0.268 e. The molecule has 1 aromatic heterocycles. The van der Waals surface area contributed by atoms with Crippen LogP contribution in [0.2, 0.25) is 0 Å². The summed E-state index contributed by atoms with van der Waals surface area (Å²) in [6.07, 6.45) is 4.83. The topological polar surface area (TPSA) is 64.0 Å². The zero-order valence-corrected chi connectivity index (χ0v) is 14.8. The fourth-order valence-electron chi connectivity index (χ4n) is 3.08. The SMILES string of the molecule is O=S(=O)(Cc1ccc(F)cc1)NCCn1nc(C2CC2)cc1C1CC1. The first-order valence-electron chi connectivity index (χ1n) is 8.79. The van der Waals surface area contributed by atoms with E-state index in [1.165, 1.54) is 55.6 Å². The van der Waals surface area contributed by atoms with Crippen LogP contribution in [0.5, 0.6) is 0 Å². The maximum absolute atomic E-state index is 12.9. The molecule has 0 atom stereocenters. The summed E-state index contributed by atoms with van der Waals surface area (Å²) in [5.74, 6) is 0.687. The van der Waals surface area contributed by atoms with E-state index < -0.39 is 10.0 Å². The molecule has 1 heterocycles. The van der Waals surface area contributed by atoms with Crippen LogP contribution in [0.15, 0.2) is 30.3 Å². The van der Waals surface area contributed by atoms with E-state index >= 15 is 0 Å². The van der Waals surface area contributed by atoms with E-state index in [4.69, 9.17) is 0 Å². The van der Waals surface area contributed by atoms with Crippen molar-refractivity contribution in [2.75, 3.05) is 6.54 Å². The Morgan fingerprint density at radius 2 is 1.80 bits per heavy atom. The molecule has 7 heteroatoms. The van der Waals surface area contributed by atoms with Crippen molar-refractivity contribution in [2.45, 2.75) is 49.8 Å². The van der Waals surface area contributed by atoms with E-state index in [9.17, 15) is 12.8 Å². The third-order valence-corrected chi connectivity index (χ3v) is 6.09. The molecule has 0 spiro atoms. The number of sulfonamides is 1. The largest absolute Gasteiger partial charge is 0.268 e. The average molecular weight is 363 g/mol. The van der Waals surface area contributed by atoms with E-state index in [0.717, 1.165) is 5.69 Å². The number of aromatic nitrogens is 2. The molecule has 2 fully saturated rings. The highest BCUT2D eigenvalue weighted by molar-refractivity contribution is 7.88. The van der Waals surface area contributed by atoms with Gasteiger partial charge in [0, 0.05) is 24.1 Å². The Bertz CT molecular complexity index is 853. The van der Waals surface area contributed by atoms with Crippen LogP contribution in [-0.2, 0) is 22.3 Å². The highest BCUT2D eigenvalue weighted by Gasteiger charge is 2.32. The zero-order chi connectivity index (χ0) is 17.4. The van der Waals surface area contributed by atoms with Gasteiger partial charge in [0.25, 0.3) is 0 Å². The highest BCUT2D eigenvalue weighted by atomic mass is 32.2. The normalized spacial score (nSPS) is 17.8. The third-order valence-electron chi connectivity index (χ3n) is 4.74. The molecular weight excluding hydrogens is 341 g/mol. The van der Waals surface area contributed by atoms with E-state index in [-0.39, 0.29) is 11.6 Å². The predicted molar refractivity (Wildman–Crippen MR) is 93.2 cm³/mol. The standard InChI is InChI=1S/C18H22FN3O2S/c19-16-7-1-13(2-8-16)12-25(23,24)20-9-10-22-18(15-5-6-15)11-17(21-22)14-3-4-14/h1-2,7-8,11,14-15,20H,3-6,9-10,12H2. The molecule has 0 amide bonds. The second-order valence-electron chi connectivity index (χ2n) is 7.05. The lowest BCUT2D eigenvalue weighted by Gasteiger charge is -2.09. The molecule has 1 aromatic carbocycles. The van der Waals surface area contributed by atoms with Crippen LogP contribution in [0.1, 0.15) is 54.5 Å². The van der Waals surface area contributed by atoms with Gasteiger partial charge in [-0.05, 0) is 49.4 Å². The van der Waals surface area contributed by atoms with Gasteiger partial charge in [-0.15, -0.1) is 0 Å². The van der Waals surface area contributed by atoms with Gasteiger partial charge in [0.1, 0.15) is 5.82 Å². The van der Waals surface area contributed by atoms with Crippen LogP contribution < -0.4 is 4.72 Å². The predicted octanol–water partition coefficient (Wildman–Crippen LogP) is 2.90. The Morgan fingerprint density at radius 1 is 1.12 bits per heavy atom. The Morgan fingerprint density at radius 3 is 2.44 bits per heavy atom. The number of nitrogens with one attached hydrogen (secondary N) is 1. The second-order valence-corrected chi connectivity index (χ2v) is 8.85. The summed E-state index contributed by atoms with van der Waals surface area (Å²) in [6.45, 7) is 0.857. The molecule has 2 aliphatic carbocycles. The first-order chi connectivity index (χ1) is 12.0. The van der Waals surface area contributed by atoms with Crippen LogP contribution in [0, 0.1) is 5.82 Å². The van der Waals surface area contributed by atoms with E-state index in [2.05, 4.69) is 15.9 Å². The number of nitrogens with zero attached hydrogens (tertiary/aromatic N) is 2. The lowest BCUT2D eigenvalue weighted by molar-refractivity contribution is 0.547. The first kappa shape index (κ1) is 16.7. The second kappa shape index (κ2) is 6.53. The molecular formula is C18H22FN3O2S. The van der Waals surface area contributed by atoms with Crippen LogP contribution >= 0.6 is 0 Å². The molecule has 134 valence electrons. The molecule has 4 rings (SSSR count). The van der Waals surface area contributed by atoms with Crippen molar-refractivity contribution >= 4 is 10.0 Å². The zero-order valence-electron chi connectivity index (χ0n) is 14.0. The van der Waals surface area contributed by atoms with E-state index in [0.29, 0.717) is 30.5 Å². The summed E-state index contributed by atoms with van der Waals surface area (Å²) >= 11 is 0. The van der Waals surface area contributed by atoms with Gasteiger partial charge < -0.3 is 0 Å². The Kier molecular flexibility index (Phi) is 4.37. The van der Waals surface area contributed by atoms with Crippen LogP contribution in [-0.4, -0.2) is 24.7 Å². The van der Waals surface area contributed by atoms with E-state index in [1.54, 1.807) is 0 Å². The number of hydrogen-bond acceptors (Lipinski definition) is 3. The Balaban J connectivity index is 1.36. The fraction of sp³-hybridized carbons (Fsp3) is 0.500. The van der Waals surface area contributed by atoms with Gasteiger partial charge in [-0.3, -0.25) is 4.68 Å². The van der Waals surface area contributed by atoms with Crippen LogP contribution in [0.25, 0.3) is 0 Å². The maximum atomic E-state index is 12.9. The van der Waals surface area contributed by atoms with Crippen LogP contribution in [0.4, 0.5) is 4.39 Å². The van der Waals surface area contributed by atoms with Crippen molar-refractivity contribution in [3.05, 3.63) is 53.1 Å². The Hall–Kier alpha value is -1.73. The van der Waals surface area contributed by atoms with Crippen molar-refractivity contribution in [1.82, 2.24) is 14.5 Å². The first-order valence-corrected chi connectivity index (χ1v) is 10.4. The van der Waals surface area contributed by atoms with Gasteiger partial charge in [-0.2, -0.15) is 5.10 Å². The average Bonchev–Trinajstić information content (AvgIpc) is 3.48.